The summed E-state index contributed by atoms with van der Waals surface area (Å²) >= 11 is 0. The predicted molar refractivity (Wildman–Crippen MR) is 230 cm³/mol. The molecule has 0 spiro atoms. The molecule has 0 radical (unpaired) electrons. The van der Waals surface area contributed by atoms with E-state index in [0.717, 1.165) is 107 Å². The Balaban J connectivity index is 0.743. The van der Waals surface area contributed by atoms with E-state index in [9.17, 15) is 14.4 Å². The van der Waals surface area contributed by atoms with Gasteiger partial charge in [-0.15, -0.1) is 0 Å². The third-order valence-corrected chi connectivity index (χ3v) is 12.5. The number of pyridine rings is 1. The number of hydrogen-bond acceptors (Lipinski definition) is 11. The van der Waals surface area contributed by atoms with Crippen LogP contribution in [0.15, 0.2) is 79.1 Å². The average molecular weight is 796 g/mol. The summed E-state index contributed by atoms with van der Waals surface area (Å²) in [5.41, 5.74) is 7.27. The fourth-order valence-electron chi connectivity index (χ4n) is 9.14. The average Bonchev–Trinajstić information content (AvgIpc) is 3.93. The molecule has 3 aromatic heterocycles. The second kappa shape index (κ2) is 16.7. The van der Waals surface area contributed by atoms with Gasteiger partial charge in [-0.25, -0.2) is 9.97 Å². The van der Waals surface area contributed by atoms with Crippen molar-refractivity contribution < 1.29 is 14.4 Å². The lowest BCUT2D eigenvalue weighted by atomic mass is 9.90. The van der Waals surface area contributed by atoms with Crippen LogP contribution in [0.3, 0.4) is 0 Å². The molecule has 1 saturated carbocycles. The fraction of sp³-hybridized carbons (Fsp3) is 0.422. The van der Waals surface area contributed by atoms with Crippen LogP contribution in [0.5, 0.6) is 0 Å². The van der Waals surface area contributed by atoms with E-state index in [1.165, 1.54) is 16.9 Å². The fourth-order valence-corrected chi connectivity index (χ4v) is 9.14. The Morgan fingerprint density at radius 2 is 1.39 bits per heavy atom. The van der Waals surface area contributed by atoms with Crippen LogP contribution in [0.25, 0.3) is 11.0 Å². The number of hydrogen-bond donors (Lipinski definition) is 2. The molecular weight excluding hydrogens is 743 g/mol. The van der Waals surface area contributed by atoms with Gasteiger partial charge in [0.2, 0.25) is 17.8 Å². The van der Waals surface area contributed by atoms with E-state index in [0.29, 0.717) is 30.3 Å². The third-order valence-electron chi connectivity index (χ3n) is 12.5. The number of carbonyl (C=O) groups is 3. The highest BCUT2D eigenvalue weighted by Gasteiger charge is 2.29. The molecule has 5 aromatic rings. The van der Waals surface area contributed by atoms with Gasteiger partial charge in [-0.3, -0.25) is 24.6 Å². The second-order valence-corrected chi connectivity index (χ2v) is 16.5. The highest BCUT2D eigenvalue weighted by Crippen LogP contribution is 2.35. The molecule has 14 heteroatoms. The van der Waals surface area contributed by atoms with E-state index in [1.807, 2.05) is 30.5 Å². The molecule has 2 aromatic carbocycles. The van der Waals surface area contributed by atoms with E-state index in [4.69, 9.17) is 9.97 Å². The van der Waals surface area contributed by atoms with Gasteiger partial charge in [-0.05, 0) is 72.9 Å². The molecule has 4 fully saturated rings. The summed E-state index contributed by atoms with van der Waals surface area (Å²) in [6.45, 7) is 8.50. The molecule has 9 rings (SSSR count). The molecule has 2 N–H and O–H groups in total. The highest BCUT2D eigenvalue weighted by atomic mass is 16.2. The minimum Gasteiger partial charge on any atom is -0.368 e. The maximum Gasteiger partial charge on any atom is 0.270 e. The van der Waals surface area contributed by atoms with Gasteiger partial charge < -0.3 is 29.5 Å². The van der Waals surface area contributed by atoms with Crippen molar-refractivity contribution in [1.82, 2.24) is 34.6 Å². The Bertz CT molecular complexity index is 2290. The number of piperazine rings is 2. The van der Waals surface area contributed by atoms with Crippen molar-refractivity contribution in [1.29, 1.82) is 0 Å². The molecular formula is C45H53N11O3. The number of benzene rings is 2. The standard InChI is InChI=1S/C45H53N11O3/c1-51(2)44(59)39-27-33-28-47-45(50-42(33)56(39)36-5-3-4-6-36)48-40-17-15-37(29-46-40)55-21-19-52(20-22-55)30-31-7-11-34(12-8-31)53-23-25-54(26-24-53)35-13-9-32(10-14-35)38-16-18-41(57)49-43(38)58/h7-15,17,27-29,36,38H,3-6,16,18-26,30H2,1-2H3,(H,49,57,58)(H,46,47,48,50). The van der Waals surface area contributed by atoms with E-state index >= 15 is 0 Å². The van der Waals surface area contributed by atoms with E-state index < -0.39 is 0 Å². The van der Waals surface area contributed by atoms with Crippen LogP contribution in [0, 0.1) is 0 Å². The van der Waals surface area contributed by atoms with E-state index in [-0.39, 0.29) is 29.7 Å². The van der Waals surface area contributed by atoms with Crippen LogP contribution >= 0.6 is 0 Å². The monoisotopic (exact) mass is 795 g/mol. The number of piperidine rings is 1. The van der Waals surface area contributed by atoms with Gasteiger partial charge in [0.1, 0.15) is 17.2 Å². The number of nitrogens with one attached hydrogen (secondary N) is 2. The zero-order chi connectivity index (χ0) is 40.5. The largest absolute Gasteiger partial charge is 0.368 e. The van der Waals surface area contributed by atoms with Crippen LogP contribution < -0.4 is 25.3 Å². The number of amides is 3. The molecule has 306 valence electrons. The lowest BCUT2D eigenvalue weighted by molar-refractivity contribution is -0.134. The molecule has 3 saturated heterocycles. The number of imide groups is 1. The summed E-state index contributed by atoms with van der Waals surface area (Å²) in [5, 5.41) is 6.63. The minimum absolute atomic E-state index is 0.0185. The lowest BCUT2D eigenvalue weighted by Gasteiger charge is -2.38. The summed E-state index contributed by atoms with van der Waals surface area (Å²) in [5.74, 6) is 0.509. The van der Waals surface area contributed by atoms with Gasteiger partial charge >= 0.3 is 0 Å². The normalized spacial score (nSPS) is 19.4. The molecule has 6 heterocycles. The van der Waals surface area contributed by atoms with E-state index in [1.54, 1.807) is 25.2 Å². The van der Waals surface area contributed by atoms with Gasteiger partial charge in [0, 0.05) is 108 Å². The van der Waals surface area contributed by atoms with Crippen molar-refractivity contribution in [3.63, 3.8) is 0 Å². The molecule has 1 unspecified atom stereocenters. The number of carbonyl (C=O) groups excluding carboxylic acids is 3. The highest BCUT2D eigenvalue weighted by molar-refractivity contribution is 6.01. The van der Waals surface area contributed by atoms with Crippen molar-refractivity contribution in [3.8, 4) is 0 Å². The zero-order valence-electron chi connectivity index (χ0n) is 34.0. The maximum atomic E-state index is 13.1. The first kappa shape index (κ1) is 38.5. The van der Waals surface area contributed by atoms with Gasteiger partial charge in [0.25, 0.3) is 5.91 Å². The van der Waals surface area contributed by atoms with Crippen LogP contribution in [-0.4, -0.2) is 113 Å². The summed E-state index contributed by atoms with van der Waals surface area (Å²) < 4.78 is 2.13. The molecule has 4 aliphatic rings. The van der Waals surface area contributed by atoms with Crippen LogP contribution in [0.4, 0.5) is 28.8 Å². The maximum absolute atomic E-state index is 13.1. The third kappa shape index (κ3) is 8.31. The number of aromatic nitrogens is 4. The van der Waals surface area contributed by atoms with Crippen molar-refractivity contribution >= 4 is 57.6 Å². The first-order valence-corrected chi connectivity index (χ1v) is 21.1. The predicted octanol–water partition coefficient (Wildman–Crippen LogP) is 5.56. The topological polar surface area (TPSA) is 135 Å². The van der Waals surface area contributed by atoms with Gasteiger partial charge in [-0.2, -0.15) is 4.98 Å². The molecule has 0 bridgehead atoms. The summed E-state index contributed by atoms with van der Waals surface area (Å²) in [4.78, 5) is 62.5. The summed E-state index contributed by atoms with van der Waals surface area (Å²) in [6, 6.07) is 23.6. The Morgan fingerprint density at radius 3 is 2.02 bits per heavy atom. The first-order valence-electron chi connectivity index (χ1n) is 21.1. The van der Waals surface area contributed by atoms with E-state index in [2.05, 4.69) is 82.2 Å². The number of anilines is 5. The van der Waals surface area contributed by atoms with Gasteiger partial charge in [0.15, 0.2) is 0 Å². The lowest BCUT2D eigenvalue weighted by Crippen LogP contribution is -2.46. The van der Waals surface area contributed by atoms with Crippen molar-refractivity contribution in [2.24, 2.45) is 0 Å². The number of nitrogens with zero attached hydrogens (tertiary/aromatic N) is 9. The molecule has 14 nitrogen and oxygen atoms in total. The van der Waals surface area contributed by atoms with Crippen molar-refractivity contribution in [3.05, 3.63) is 95.9 Å². The summed E-state index contributed by atoms with van der Waals surface area (Å²) in [6.07, 6.45) is 9.09. The van der Waals surface area contributed by atoms with Crippen LogP contribution in [0.2, 0.25) is 0 Å². The molecule has 3 amide bonds. The molecule has 1 aliphatic carbocycles. The Morgan fingerprint density at radius 1 is 0.763 bits per heavy atom. The number of rotatable bonds is 10. The minimum atomic E-state index is -0.250. The Labute approximate surface area is 345 Å². The second-order valence-electron chi connectivity index (χ2n) is 16.5. The zero-order valence-corrected chi connectivity index (χ0v) is 34.0. The SMILES string of the molecule is CN(C)C(=O)c1cc2cnc(Nc3ccc(N4CCN(Cc5ccc(N6CCN(c7ccc(C8CCC(=O)NC8=O)cc7)CC6)cc5)CC4)cn3)nc2n1C1CCCC1. The Hall–Kier alpha value is -6.02. The quantitative estimate of drug-likeness (QED) is 0.172. The van der Waals surface area contributed by atoms with Crippen LogP contribution in [-0.2, 0) is 16.1 Å². The summed E-state index contributed by atoms with van der Waals surface area (Å²) in [7, 11) is 3.57. The molecule has 3 aliphatic heterocycles. The van der Waals surface area contributed by atoms with Gasteiger partial charge in [0.05, 0.1) is 17.8 Å². The first-order chi connectivity index (χ1) is 28.8. The van der Waals surface area contributed by atoms with Crippen molar-refractivity contribution in [2.45, 2.75) is 57.0 Å². The smallest absolute Gasteiger partial charge is 0.270 e. The number of fused-ring (bicyclic) bond motifs is 1. The van der Waals surface area contributed by atoms with Crippen molar-refractivity contribution in [2.75, 3.05) is 86.5 Å². The Kier molecular flexibility index (Phi) is 10.9. The van der Waals surface area contributed by atoms with Crippen LogP contribution in [0.1, 0.15) is 72.1 Å². The molecule has 59 heavy (non-hydrogen) atoms. The molecule has 1 atom stereocenters. The van der Waals surface area contributed by atoms with Gasteiger partial charge in [-0.1, -0.05) is 37.1 Å².